The highest BCUT2D eigenvalue weighted by Gasteiger charge is 2.46. The van der Waals surface area contributed by atoms with Crippen molar-refractivity contribution in [3.8, 4) is 0 Å². The summed E-state index contributed by atoms with van der Waals surface area (Å²) in [6.07, 6.45) is 0.486. The first-order valence-corrected chi connectivity index (χ1v) is 7.86. The highest BCUT2D eigenvalue weighted by Crippen LogP contribution is 2.30. The molecular weight excluding hydrogens is 307 g/mol. The van der Waals surface area contributed by atoms with Crippen LogP contribution in [0.5, 0.6) is 0 Å². The zero-order valence-corrected chi connectivity index (χ0v) is 12.5. The highest BCUT2D eigenvalue weighted by molar-refractivity contribution is 7.92. The van der Waals surface area contributed by atoms with Crippen LogP contribution in [0.3, 0.4) is 0 Å². The fourth-order valence-electron chi connectivity index (χ4n) is 1.79. The Morgan fingerprint density at radius 1 is 1.19 bits per heavy atom. The molecule has 0 spiro atoms. The molecule has 0 aliphatic carbocycles. The number of aliphatic hydroxyl groups excluding tert-OH is 1. The molecule has 1 rings (SSSR count). The van der Waals surface area contributed by atoms with E-state index in [9.17, 15) is 21.6 Å². The quantitative estimate of drug-likeness (QED) is 0.844. The number of hydrogen-bond acceptors (Lipinski definition) is 4. The van der Waals surface area contributed by atoms with Crippen molar-refractivity contribution >= 4 is 15.5 Å². The van der Waals surface area contributed by atoms with Crippen LogP contribution in [0, 0.1) is 5.92 Å². The molecule has 2 N–H and O–H groups in total. The van der Waals surface area contributed by atoms with Gasteiger partial charge in [-0.1, -0.05) is 13.8 Å². The molecule has 1 unspecified atom stereocenters. The largest absolute Gasteiger partial charge is 0.501 e. The van der Waals surface area contributed by atoms with Gasteiger partial charge in [0.2, 0.25) is 0 Å². The Morgan fingerprint density at radius 2 is 1.71 bits per heavy atom. The van der Waals surface area contributed by atoms with Gasteiger partial charge in [-0.2, -0.15) is 13.2 Å². The van der Waals surface area contributed by atoms with Crippen molar-refractivity contribution in [2.75, 3.05) is 11.9 Å². The zero-order valence-electron chi connectivity index (χ0n) is 11.7. The van der Waals surface area contributed by atoms with Gasteiger partial charge >= 0.3 is 5.51 Å². The van der Waals surface area contributed by atoms with Crippen LogP contribution >= 0.6 is 0 Å². The molecule has 4 nitrogen and oxygen atoms in total. The summed E-state index contributed by atoms with van der Waals surface area (Å²) in [5.41, 5.74) is -4.80. The molecule has 21 heavy (non-hydrogen) atoms. The van der Waals surface area contributed by atoms with Gasteiger partial charge in [0.1, 0.15) is 0 Å². The molecule has 0 saturated heterocycles. The van der Waals surface area contributed by atoms with Gasteiger partial charge in [0.05, 0.1) is 4.90 Å². The Kier molecular flexibility index (Phi) is 5.63. The number of aliphatic hydroxyl groups is 1. The van der Waals surface area contributed by atoms with Crippen molar-refractivity contribution in [1.82, 2.24) is 0 Å². The van der Waals surface area contributed by atoms with Gasteiger partial charge in [-0.25, -0.2) is 8.42 Å². The molecule has 0 saturated carbocycles. The second-order valence-electron chi connectivity index (χ2n) is 4.98. The van der Waals surface area contributed by atoms with Crippen LogP contribution in [-0.4, -0.2) is 31.7 Å². The second kappa shape index (κ2) is 6.65. The Bertz CT molecular complexity index is 553. The molecule has 1 aromatic rings. The molecule has 0 radical (unpaired) electrons. The summed E-state index contributed by atoms with van der Waals surface area (Å²) in [6, 6.07) is 4.35. The van der Waals surface area contributed by atoms with Crippen LogP contribution in [0.25, 0.3) is 0 Å². The molecule has 8 heteroatoms. The number of alkyl halides is 3. The van der Waals surface area contributed by atoms with Crippen LogP contribution in [0.4, 0.5) is 18.9 Å². The van der Waals surface area contributed by atoms with E-state index >= 15 is 0 Å². The van der Waals surface area contributed by atoms with Gasteiger partial charge in [-0.3, -0.25) is 0 Å². The van der Waals surface area contributed by atoms with E-state index in [1.165, 1.54) is 12.1 Å². The molecule has 120 valence electrons. The second-order valence-corrected chi connectivity index (χ2v) is 6.92. The van der Waals surface area contributed by atoms with Crippen molar-refractivity contribution in [2.45, 2.75) is 36.7 Å². The monoisotopic (exact) mass is 325 g/mol. The topological polar surface area (TPSA) is 66.4 Å². The SMILES string of the molecule is CC(C)C(CCO)Nc1ccc(S(=O)(=O)C(F)(F)F)cc1. The first-order valence-electron chi connectivity index (χ1n) is 6.38. The number of sulfone groups is 1. The van der Waals surface area contributed by atoms with E-state index in [-0.39, 0.29) is 18.6 Å². The van der Waals surface area contributed by atoms with E-state index in [0.29, 0.717) is 12.1 Å². The van der Waals surface area contributed by atoms with Crippen molar-refractivity contribution in [3.63, 3.8) is 0 Å². The van der Waals surface area contributed by atoms with Crippen LogP contribution < -0.4 is 5.32 Å². The third-order valence-corrected chi connectivity index (χ3v) is 4.57. The summed E-state index contributed by atoms with van der Waals surface area (Å²) in [5.74, 6) is 0.204. The molecule has 0 fully saturated rings. The fraction of sp³-hybridized carbons (Fsp3) is 0.538. The van der Waals surface area contributed by atoms with Gasteiger partial charge in [0, 0.05) is 18.3 Å². The molecule has 0 aliphatic rings. The van der Waals surface area contributed by atoms with Crippen molar-refractivity contribution in [3.05, 3.63) is 24.3 Å². The lowest BCUT2D eigenvalue weighted by molar-refractivity contribution is -0.0436. The number of anilines is 1. The molecular formula is C13H18F3NO3S. The van der Waals surface area contributed by atoms with E-state index in [2.05, 4.69) is 5.32 Å². The van der Waals surface area contributed by atoms with Gasteiger partial charge in [-0.05, 0) is 36.6 Å². The van der Waals surface area contributed by atoms with Gasteiger partial charge < -0.3 is 10.4 Å². The van der Waals surface area contributed by atoms with Crippen molar-refractivity contribution in [2.24, 2.45) is 5.92 Å². The van der Waals surface area contributed by atoms with E-state index in [4.69, 9.17) is 5.11 Å². The lowest BCUT2D eigenvalue weighted by Crippen LogP contribution is -2.27. The van der Waals surface area contributed by atoms with Crippen LogP contribution in [0.2, 0.25) is 0 Å². The maximum Gasteiger partial charge on any atom is 0.501 e. The number of benzene rings is 1. The Hall–Kier alpha value is -1.28. The van der Waals surface area contributed by atoms with E-state index in [1.54, 1.807) is 0 Å². The first kappa shape index (κ1) is 17.8. The molecule has 0 heterocycles. The Balaban J connectivity index is 2.93. The molecule has 0 amide bonds. The summed E-state index contributed by atoms with van der Waals surface area (Å²) in [4.78, 5) is -0.788. The molecule has 1 atom stereocenters. The van der Waals surface area contributed by atoms with E-state index in [0.717, 1.165) is 12.1 Å². The smallest absolute Gasteiger partial charge is 0.396 e. The summed E-state index contributed by atoms with van der Waals surface area (Å²) in [6.45, 7) is 3.86. The maximum absolute atomic E-state index is 12.4. The Morgan fingerprint density at radius 3 is 2.10 bits per heavy atom. The van der Waals surface area contributed by atoms with Gasteiger partial charge in [0.25, 0.3) is 9.84 Å². The van der Waals surface area contributed by atoms with Gasteiger partial charge in [-0.15, -0.1) is 0 Å². The minimum absolute atomic E-state index is 0.0175. The average Bonchev–Trinajstić information content (AvgIpc) is 2.37. The minimum Gasteiger partial charge on any atom is -0.396 e. The summed E-state index contributed by atoms with van der Waals surface area (Å²) in [5, 5.41) is 12.0. The normalized spacial score (nSPS) is 14.2. The van der Waals surface area contributed by atoms with Crippen LogP contribution in [-0.2, 0) is 9.84 Å². The van der Waals surface area contributed by atoms with Gasteiger partial charge in [0.15, 0.2) is 0 Å². The zero-order chi connectivity index (χ0) is 16.3. The minimum atomic E-state index is -5.32. The number of rotatable bonds is 6. The predicted molar refractivity (Wildman–Crippen MR) is 73.6 cm³/mol. The molecule has 0 aliphatic heterocycles. The summed E-state index contributed by atoms with van der Waals surface area (Å²) in [7, 11) is -5.32. The van der Waals surface area contributed by atoms with Crippen molar-refractivity contribution in [1.29, 1.82) is 0 Å². The Labute approximate surface area is 121 Å². The average molecular weight is 325 g/mol. The molecule has 1 aromatic carbocycles. The lowest BCUT2D eigenvalue weighted by Gasteiger charge is -2.22. The third kappa shape index (κ3) is 4.34. The van der Waals surface area contributed by atoms with Crippen LogP contribution in [0.1, 0.15) is 20.3 Å². The third-order valence-electron chi connectivity index (χ3n) is 3.07. The number of halogens is 3. The van der Waals surface area contributed by atoms with E-state index in [1.807, 2.05) is 13.8 Å². The number of hydrogen-bond donors (Lipinski definition) is 2. The molecule has 0 bridgehead atoms. The van der Waals surface area contributed by atoms with Crippen molar-refractivity contribution < 1.29 is 26.7 Å². The standard InChI is InChI=1S/C13H18F3NO3S/c1-9(2)12(7-8-18)17-10-3-5-11(6-4-10)21(19,20)13(14,15)16/h3-6,9,12,17-18H,7-8H2,1-2H3. The maximum atomic E-state index is 12.4. The first-order chi connectivity index (χ1) is 9.59. The van der Waals surface area contributed by atoms with E-state index < -0.39 is 20.2 Å². The molecule has 0 aromatic heterocycles. The summed E-state index contributed by atoms with van der Waals surface area (Å²) < 4.78 is 59.7. The lowest BCUT2D eigenvalue weighted by atomic mass is 10.0. The number of nitrogens with one attached hydrogen (secondary N) is 1. The van der Waals surface area contributed by atoms with Crippen LogP contribution in [0.15, 0.2) is 29.2 Å². The predicted octanol–water partition coefficient (Wildman–Crippen LogP) is 2.80. The fourth-order valence-corrected chi connectivity index (χ4v) is 2.55. The highest BCUT2D eigenvalue weighted by atomic mass is 32.2. The summed E-state index contributed by atoms with van der Waals surface area (Å²) >= 11 is 0.